The average molecular weight is 371 g/mol. The summed E-state index contributed by atoms with van der Waals surface area (Å²) >= 11 is 0. The number of benzene rings is 2. The maximum atomic E-state index is 14.3. The molecule has 0 aliphatic carbocycles. The number of halogens is 1. The molecule has 27 heavy (non-hydrogen) atoms. The van der Waals surface area contributed by atoms with Crippen LogP contribution in [0, 0.1) is 11.7 Å². The molecule has 0 aliphatic rings. The Labute approximate surface area is 160 Å². The van der Waals surface area contributed by atoms with Gasteiger partial charge >= 0.3 is 5.97 Å². The lowest BCUT2D eigenvalue weighted by Crippen LogP contribution is -2.09. The molecule has 0 radical (unpaired) electrons. The lowest BCUT2D eigenvalue weighted by Gasteiger charge is -2.14. The van der Waals surface area contributed by atoms with Gasteiger partial charge in [-0.15, -0.1) is 0 Å². The predicted molar refractivity (Wildman–Crippen MR) is 106 cm³/mol. The van der Waals surface area contributed by atoms with Crippen molar-refractivity contribution < 1.29 is 18.7 Å². The van der Waals surface area contributed by atoms with E-state index >= 15 is 0 Å². The third-order valence-electron chi connectivity index (χ3n) is 4.03. The Hall–Kier alpha value is -2.82. The quantitative estimate of drug-likeness (QED) is 0.521. The summed E-state index contributed by atoms with van der Waals surface area (Å²) in [4.78, 5) is 12.0. The van der Waals surface area contributed by atoms with Crippen molar-refractivity contribution >= 4 is 17.2 Å². The topological polar surface area (TPSA) is 47.6 Å². The number of ether oxygens (including phenoxy) is 2. The molecule has 0 aliphatic heterocycles. The van der Waals surface area contributed by atoms with Gasteiger partial charge in [0.15, 0.2) is 11.6 Å². The molecule has 0 bridgehead atoms. The molecule has 0 unspecified atom stereocenters. The molecule has 144 valence electrons. The van der Waals surface area contributed by atoms with E-state index in [1.165, 1.54) is 13.2 Å². The van der Waals surface area contributed by atoms with Crippen LogP contribution in [-0.2, 0) is 16.1 Å². The minimum absolute atomic E-state index is 0.139. The Balaban J connectivity index is 2.14. The number of nitrogens with one attached hydrogen (secondary N) is 1. The van der Waals surface area contributed by atoms with Crippen molar-refractivity contribution in [1.82, 2.24) is 0 Å². The van der Waals surface area contributed by atoms with Crippen LogP contribution in [-0.4, -0.2) is 19.6 Å². The highest BCUT2D eigenvalue weighted by Crippen LogP contribution is 2.25. The molecule has 0 saturated carbocycles. The molecular weight excluding hydrogens is 345 g/mol. The highest BCUT2D eigenvalue weighted by molar-refractivity contribution is 6.16. The van der Waals surface area contributed by atoms with Crippen LogP contribution in [0.4, 0.5) is 10.1 Å². The first-order chi connectivity index (χ1) is 13.0. The van der Waals surface area contributed by atoms with Crippen molar-refractivity contribution in [3.05, 3.63) is 65.5 Å². The number of carbonyl (C=O) groups excluding carboxylic acids is 1. The van der Waals surface area contributed by atoms with Crippen LogP contribution >= 0.6 is 0 Å². The third kappa shape index (κ3) is 5.58. The smallest absolute Gasteiger partial charge is 0.338 e. The Bertz CT molecular complexity index is 815. The van der Waals surface area contributed by atoms with Crippen LogP contribution in [0.25, 0.3) is 5.57 Å². The first-order valence-electron chi connectivity index (χ1n) is 8.95. The summed E-state index contributed by atoms with van der Waals surface area (Å²) in [7, 11) is 1.34. The summed E-state index contributed by atoms with van der Waals surface area (Å²) in [6.07, 6.45) is 1.69. The summed E-state index contributed by atoms with van der Waals surface area (Å²) < 4.78 is 24.8. The Kier molecular flexibility index (Phi) is 7.41. The van der Waals surface area contributed by atoms with Crippen LogP contribution in [0.2, 0.25) is 0 Å². The maximum absolute atomic E-state index is 14.3. The van der Waals surface area contributed by atoms with Gasteiger partial charge in [-0.3, -0.25) is 0 Å². The SMILES string of the molecule is CC=C(C(=O)OC)c1ccccc1COc1ccc(NCC(C)C)cc1F. The molecule has 2 aromatic carbocycles. The average Bonchev–Trinajstić information content (AvgIpc) is 2.66. The van der Waals surface area contributed by atoms with Crippen LogP contribution in [0.5, 0.6) is 5.75 Å². The second kappa shape index (κ2) is 9.76. The molecule has 1 N–H and O–H groups in total. The van der Waals surface area contributed by atoms with Gasteiger partial charge < -0.3 is 14.8 Å². The van der Waals surface area contributed by atoms with Gasteiger partial charge in [-0.25, -0.2) is 9.18 Å². The van der Waals surface area contributed by atoms with Gasteiger partial charge in [0.1, 0.15) is 6.61 Å². The van der Waals surface area contributed by atoms with Gasteiger partial charge in [0.2, 0.25) is 0 Å². The molecule has 0 saturated heterocycles. The molecule has 5 heteroatoms. The number of carbonyl (C=O) groups is 1. The van der Waals surface area contributed by atoms with Crippen molar-refractivity contribution in [2.75, 3.05) is 19.0 Å². The molecular formula is C22H26FNO3. The molecule has 0 heterocycles. The lowest BCUT2D eigenvalue weighted by atomic mass is 10.00. The summed E-state index contributed by atoms with van der Waals surface area (Å²) in [5.74, 6) is -0.215. The second-order valence-corrected chi connectivity index (χ2v) is 6.56. The Morgan fingerprint density at radius 3 is 2.59 bits per heavy atom. The van der Waals surface area contributed by atoms with Crippen molar-refractivity contribution in [3.63, 3.8) is 0 Å². The summed E-state index contributed by atoms with van der Waals surface area (Å²) in [5.41, 5.74) is 2.65. The summed E-state index contributed by atoms with van der Waals surface area (Å²) in [6.45, 7) is 6.86. The first-order valence-corrected chi connectivity index (χ1v) is 8.95. The fraction of sp³-hybridized carbons (Fsp3) is 0.318. The summed E-state index contributed by atoms with van der Waals surface area (Å²) in [5, 5.41) is 3.18. The van der Waals surface area contributed by atoms with Gasteiger partial charge in [-0.1, -0.05) is 44.2 Å². The highest BCUT2D eigenvalue weighted by Gasteiger charge is 2.15. The van der Waals surface area contributed by atoms with E-state index in [0.29, 0.717) is 17.1 Å². The van der Waals surface area contributed by atoms with Crippen molar-refractivity contribution in [3.8, 4) is 5.75 Å². The van der Waals surface area contributed by atoms with E-state index in [1.807, 2.05) is 24.3 Å². The normalized spacial score (nSPS) is 11.4. The van der Waals surface area contributed by atoms with Gasteiger partial charge in [0, 0.05) is 18.3 Å². The van der Waals surface area contributed by atoms with E-state index in [4.69, 9.17) is 9.47 Å². The zero-order chi connectivity index (χ0) is 19.8. The van der Waals surface area contributed by atoms with Crippen LogP contribution in [0.3, 0.4) is 0 Å². The lowest BCUT2D eigenvalue weighted by molar-refractivity contribution is -0.133. The van der Waals surface area contributed by atoms with E-state index in [9.17, 15) is 9.18 Å². The van der Waals surface area contributed by atoms with Gasteiger partial charge in [-0.05, 0) is 36.1 Å². The number of esters is 1. The number of hydrogen-bond acceptors (Lipinski definition) is 4. The zero-order valence-electron chi connectivity index (χ0n) is 16.2. The standard InChI is InChI=1S/C22H26FNO3/c1-5-18(22(25)26-4)19-9-7-6-8-16(19)14-27-21-11-10-17(12-20(21)23)24-13-15(2)3/h5-12,15,24H,13-14H2,1-4H3. The molecule has 0 spiro atoms. The predicted octanol–water partition coefficient (Wildman–Crippen LogP) is 5.05. The molecule has 0 atom stereocenters. The van der Waals surface area contributed by atoms with E-state index < -0.39 is 11.8 Å². The maximum Gasteiger partial charge on any atom is 0.338 e. The number of anilines is 1. The van der Waals surface area contributed by atoms with Crippen molar-refractivity contribution in [1.29, 1.82) is 0 Å². The Morgan fingerprint density at radius 1 is 1.22 bits per heavy atom. The molecule has 2 rings (SSSR count). The van der Waals surface area contributed by atoms with Crippen molar-refractivity contribution in [2.24, 2.45) is 5.92 Å². The minimum Gasteiger partial charge on any atom is -0.486 e. The first kappa shape index (κ1) is 20.5. The third-order valence-corrected chi connectivity index (χ3v) is 4.03. The van der Waals surface area contributed by atoms with E-state index in [-0.39, 0.29) is 12.4 Å². The van der Waals surface area contributed by atoms with E-state index in [2.05, 4.69) is 19.2 Å². The van der Waals surface area contributed by atoms with Crippen LogP contribution in [0.15, 0.2) is 48.5 Å². The minimum atomic E-state index is -0.430. The molecule has 0 fully saturated rings. The molecule has 0 amide bonds. The van der Waals surface area contributed by atoms with Crippen LogP contribution < -0.4 is 10.1 Å². The fourth-order valence-corrected chi connectivity index (χ4v) is 2.61. The number of hydrogen-bond donors (Lipinski definition) is 1. The van der Waals surface area contributed by atoms with E-state index in [0.717, 1.165) is 17.8 Å². The fourth-order valence-electron chi connectivity index (χ4n) is 2.61. The van der Waals surface area contributed by atoms with Crippen LogP contribution in [0.1, 0.15) is 31.9 Å². The molecule has 0 aromatic heterocycles. The zero-order valence-corrected chi connectivity index (χ0v) is 16.2. The second-order valence-electron chi connectivity index (χ2n) is 6.56. The molecule has 4 nitrogen and oxygen atoms in total. The van der Waals surface area contributed by atoms with E-state index in [1.54, 1.807) is 25.1 Å². The summed E-state index contributed by atoms with van der Waals surface area (Å²) in [6, 6.07) is 12.2. The van der Waals surface area contributed by atoms with Gasteiger partial charge in [0.25, 0.3) is 0 Å². The number of allylic oxidation sites excluding steroid dienone is 1. The molecule has 2 aromatic rings. The van der Waals surface area contributed by atoms with Crippen molar-refractivity contribution in [2.45, 2.75) is 27.4 Å². The van der Waals surface area contributed by atoms with Gasteiger partial charge in [0.05, 0.1) is 12.7 Å². The Morgan fingerprint density at radius 2 is 1.96 bits per heavy atom. The largest absolute Gasteiger partial charge is 0.486 e. The van der Waals surface area contributed by atoms with Gasteiger partial charge in [-0.2, -0.15) is 0 Å². The monoisotopic (exact) mass is 371 g/mol. The highest BCUT2D eigenvalue weighted by atomic mass is 19.1. The number of methoxy groups -OCH3 is 1. The number of rotatable bonds is 8.